The van der Waals surface area contributed by atoms with Crippen molar-refractivity contribution in [2.45, 2.75) is 66.6 Å². The molecule has 114 valence electrons. The second kappa shape index (κ2) is 6.31. The summed E-state index contributed by atoms with van der Waals surface area (Å²) in [7, 11) is 0. The molecule has 0 spiro atoms. The normalized spacial score (nSPS) is 19.7. The molecule has 1 aliphatic rings. The van der Waals surface area contributed by atoms with Gasteiger partial charge in [-0.05, 0) is 43.4 Å². The van der Waals surface area contributed by atoms with E-state index in [0.717, 1.165) is 24.6 Å². The van der Waals surface area contributed by atoms with E-state index in [4.69, 9.17) is 4.42 Å². The van der Waals surface area contributed by atoms with Crippen LogP contribution in [-0.4, -0.2) is 24.0 Å². The molecule has 1 aromatic heterocycles. The largest absolute Gasteiger partial charge is 0.463 e. The Morgan fingerprint density at radius 3 is 2.80 bits per heavy atom. The molecule has 1 fully saturated rings. The summed E-state index contributed by atoms with van der Waals surface area (Å²) in [5.74, 6) is 2.20. The topological polar surface area (TPSA) is 28.4 Å². The van der Waals surface area contributed by atoms with Gasteiger partial charge in [-0.1, -0.05) is 27.7 Å². The maximum Gasteiger partial charge on any atom is 0.120 e. The van der Waals surface area contributed by atoms with E-state index in [1.165, 1.54) is 31.5 Å². The zero-order chi connectivity index (χ0) is 14.8. The lowest BCUT2D eigenvalue weighted by atomic mass is 9.84. The predicted molar refractivity (Wildman–Crippen MR) is 83.7 cm³/mol. The first kappa shape index (κ1) is 15.6. The molecule has 2 heterocycles. The molecule has 0 aromatic carbocycles. The van der Waals surface area contributed by atoms with Crippen molar-refractivity contribution in [1.82, 2.24) is 10.2 Å². The predicted octanol–water partition coefficient (Wildman–Crippen LogP) is 3.71. The lowest BCUT2D eigenvalue weighted by Crippen LogP contribution is -2.39. The van der Waals surface area contributed by atoms with Gasteiger partial charge in [0.25, 0.3) is 0 Å². The molecule has 1 aromatic rings. The highest BCUT2D eigenvalue weighted by molar-refractivity contribution is 5.20. The lowest BCUT2D eigenvalue weighted by molar-refractivity contribution is 0.104. The summed E-state index contributed by atoms with van der Waals surface area (Å²) in [6.07, 6.45) is 2.64. The fraction of sp³-hybridized carbons (Fsp3) is 0.765. The van der Waals surface area contributed by atoms with Gasteiger partial charge in [0.2, 0.25) is 0 Å². The van der Waals surface area contributed by atoms with Crippen LogP contribution in [0.3, 0.4) is 0 Å². The molecule has 3 heteroatoms. The molecule has 0 unspecified atom stereocenters. The highest BCUT2D eigenvalue weighted by atomic mass is 16.3. The van der Waals surface area contributed by atoms with E-state index in [0.29, 0.717) is 11.5 Å². The molecule has 0 bridgehead atoms. The number of furan rings is 1. The van der Waals surface area contributed by atoms with Crippen molar-refractivity contribution in [3.05, 3.63) is 23.2 Å². The van der Waals surface area contributed by atoms with Crippen molar-refractivity contribution >= 4 is 0 Å². The zero-order valence-corrected chi connectivity index (χ0v) is 13.8. The van der Waals surface area contributed by atoms with Gasteiger partial charge in [-0.15, -0.1) is 0 Å². The van der Waals surface area contributed by atoms with E-state index in [1.807, 2.05) is 0 Å². The molecule has 0 atom stereocenters. The van der Waals surface area contributed by atoms with Crippen molar-refractivity contribution in [3.8, 4) is 0 Å². The average Bonchev–Trinajstić information content (AvgIpc) is 2.65. The zero-order valence-electron chi connectivity index (χ0n) is 13.8. The summed E-state index contributed by atoms with van der Waals surface area (Å²) in [5, 5.41) is 3.43. The first-order chi connectivity index (χ1) is 9.35. The smallest absolute Gasteiger partial charge is 0.120 e. The van der Waals surface area contributed by atoms with Crippen LogP contribution in [0.15, 0.2) is 10.5 Å². The van der Waals surface area contributed by atoms with Gasteiger partial charge in [0.1, 0.15) is 11.5 Å². The maximum atomic E-state index is 6.03. The molecular weight excluding hydrogens is 248 g/mol. The summed E-state index contributed by atoms with van der Waals surface area (Å²) >= 11 is 0. The molecule has 0 saturated carbocycles. The molecule has 20 heavy (non-hydrogen) atoms. The second-order valence-corrected chi connectivity index (χ2v) is 7.33. The minimum Gasteiger partial charge on any atom is -0.463 e. The Morgan fingerprint density at radius 1 is 1.40 bits per heavy atom. The number of nitrogens with one attached hydrogen (secondary N) is 1. The third-order valence-electron chi connectivity index (χ3n) is 4.10. The number of aryl methyl sites for hydroxylation is 1. The van der Waals surface area contributed by atoms with E-state index in [-0.39, 0.29) is 0 Å². The maximum absolute atomic E-state index is 6.03. The van der Waals surface area contributed by atoms with Crippen LogP contribution in [0.25, 0.3) is 0 Å². The summed E-state index contributed by atoms with van der Waals surface area (Å²) in [6, 6.07) is 2.70. The Balaban J connectivity index is 1.94. The van der Waals surface area contributed by atoms with Crippen molar-refractivity contribution < 1.29 is 4.42 Å². The number of hydrogen-bond donors (Lipinski definition) is 1. The summed E-state index contributed by atoms with van der Waals surface area (Å²) in [6.45, 7) is 15.3. The van der Waals surface area contributed by atoms with Crippen molar-refractivity contribution in [3.63, 3.8) is 0 Å². The van der Waals surface area contributed by atoms with E-state index in [2.05, 4.69) is 50.9 Å². The molecule has 0 radical (unpaired) electrons. The molecule has 0 aliphatic carbocycles. The van der Waals surface area contributed by atoms with Crippen molar-refractivity contribution in [1.29, 1.82) is 0 Å². The standard InChI is InChI=1S/C17H30N2O/c1-13(2)18-10-16-14(3)9-15(20-16)11-19-8-6-7-17(4,5)12-19/h9,13,18H,6-8,10-12H2,1-5H3. The van der Waals surface area contributed by atoms with Crippen LogP contribution in [0.1, 0.15) is 57.6 Å². The minimum atomic E-state index is 0.446. The van der Waals surface area contributed by atoms with E-state index in [1.54, 1.807) is 0 Å². The third kappa shape index (κ3) is 4.35. The Labute approximate surface area is 123 Å². The first-order valence-electron chi connectivity index (χ1n) is 7.90. The average molecular weight is 278 g/mol. The Hall–Kier alpha value is -0.800. The first-order valence-corrected chi connectivity index (χ1v) is 7.90. The van der Waals surface area contributed by atoms with Gasteiger partial charge in [0, 0.05) is 12.6 Å². The fourth-order valence-electron chi connectivity index (χ4n) is 3.04. The van der Waals surface area contributed by atoms with Gasteiger partial charge in [0.05, 0.1) is 13.1 Å². The van der Waals surface area contributed by atoms with Crippen molar-refractivity contribution in [2.24, 2.45) is 5.41 Å². The van der Waals surface area contributed by atoms with E-state index >= 15 is 0 Å². The third-order valence-corrected chi connectivity index (χ3v) is 4.10. The minimum absolute atomic E-state index is 0.446. The molecule has 1 saturated heterocycles. The summed E-state index contributed by atoms with van der Waals surface area (Å²) < 4.78 is 6.03. The fourth-order valence-corrected chi connectivity index (χ4v) is 3.04. The SMILES string of the molecule is Cc1cc(CN2CCCC(C)(C)C2)oc1CNC(C)C. The van der Waals surface area contributed by atoms with Crippen LogP contribution in [0, 0.1) is 12.3 Å². The molecule has 2 rings (SSSR count). The van der Waals surface area contributed by atoms with E-state index in [9.17, 15) is 0 Å². The number of nitrogens with zero attached hydrogens (tertiary/aromatic N) is 1. The van der Waals surface area contributed by atoms with Gasteiger partial charge in [-0.3, -0.25) is 4.90 Å². The molecule has 0 amide bonds. The Kier molecular flexibility index (Phi) is 4.92. The molecule has 1 aliphatic heterocycles. The van der Waals surface area contributed by atoms with Crippen LogP contribution < -0.4 is 5.32 Å². The Bertz CT molecular complexity index is 434. The van der Waals surface area contributed by atoms with Gasteiger partial charge in [-0.2, -0.15) is 0 Å². The number of rotatable bonds is 5. The van der Waals surface area contributed by atoms with Crippen LogP contribution in [0.2, 0.25) is 0 Å². The summed E-state index contributed by atoms with van der Waals surface area (Å²) in [4.78, 5) is 2.53. The number of likely N-dealkylation sites (tertiary alicyclic amines) is 1. The van der Waals surface area contributed by atoms with Crippen LogP contribution in [0.4, 0.5) is 0 Å². The molecule has 3 nitrogen and oxygen atoms in total. The molecular formula is C17H30N2O. The number of hydrogen-bond acceptors (Lipinski definition) is 3. The molecule has 1 N–H and O–H groups in total. The van der Waals surface area contributed by atoms with E-state index < -0.39 is 0 Å². The number of piperidine rings is 1. The monoisotopic (exact) mass is 278 g/mol. The highest BCUT2D eigenvalue weighted by Gasteiger charge is 2.26. The van der Waals surface area contributed by atoms with Crippen molar-refractivity contribution in [2.75, 3.05) is 13.1 Å². The lowest BCUT2D eigenvalue weighted by Gasteiger charge is -2.37. The van der Waals surface area contributed by atoms with Crippen LogP contribution >= 0.6 is 0 Å². The summed E-state index contributed by atoms with van der Waals surface area (Å²) in [5.41, 5.74) is 1.71. The second-order valence-electron chi connectivity index (χ2n) is 7.33. The van der Waals surface area contributed by atoms with Gasteiger partial charge in [0.15, 0.2) is 0 Å². The quantitative estimate of drug-likeness (QED) is 0.890. The van der Waals surface area contributed by atoms with Crippen LogP contribution in [0.5, 0.6) is 0 Å². The highest BCUT2D eigenvalue weighted by Crippen LogP contribution is 2.29. The van der Waals surface area contributed by atoms with Gasteiger partial charge in [-0.25, -0.2) is 0 Å². The van der Waals surface area contributed by atoms with Gasteiger partial charge < -0.3 is 9.73 Å². The van der Waals surface area contributed by atoms with Gasteiger partial charge >= 0.3 is 0 Å². The Morgan fingerprint density at radius 2 is 2.15 bits per heavy atom. The van der Waals surface area contributed by atoms with Crippen LogP contribution in [-0.2, 0) is 13.1 Å².